The fraction of sp³-hybridized carbons (Fsp3) is 0.500. The molecule has 1 aromatic carbocycles. The van der Waals surface area contributed by atoms with Gasteiger partial charge in [0.05, 0.1) is 0 Å². The lowest BCUT2D eigenvalue weighted by atomic mass is 10.1. The van der Waals surface area contributed by atoms with Crippen molar-refractivity contribution in [2.45, 2.75) is 38.6 Å². The molecule has 0 saturated carbocycles. The van der Waals surface area contributed by atoms with Crippen LogP contribution in [-0.4, -0.2) is 41.6 Å². The Kier molecular flexibility index (Phi) is 7.29. The van der Waals surface area contributed by atoms with Crippen LogP contribution < -0.4 is 5.32 Å². The minimum Gasteiger partial charge on any atom is -0.480 e. The van der Waals surface area contributed by atoms with Crippen LogP contribution in [0.25, 0.3) is 0 Å². The van der Waals surface area contributed by atoms with Crippen LogP contribution in [0.4, 0.5) is 4.79 Å². The molecule has 2 N–H and O–H groups in total. The van der Waals surface area contributed by atoms with Gasteiger partial charge in [-0.3, -0.25) is 0 Å². The fourth-order valence-corrected chi connectivity index (χ4v) is 1.97. The number of carbonyl (C=O) groups is 2. The number of benzene rings is 1. The highest BCUT2D eigenvalue weighted by molar-refractivity contribution is 5.82. The number of amides is 2. The van der Waals surface area contributed by atoms with E-state index < -0.39 is 12.0 Å². The number of nitrogens with one attached hydrogen (secondary N) is 1. The van der Waals surface area contributed by atoms with Gasteiger partial charge in [-0.15, -0.1) is 0 Å². The van der Waals surface area contributed by atoms with Crippen LogP contribution in [0.3, 0.4) is 0 Å². The van der Waals surface area contributed by atoms with Gasteiger partial charge in [0.15, 0.2) is 0 Å². The van der Waals surface area contributed by atoms with Gasteiger partial charge in [-0.05, 0) is 24.8 Å². The fourth-order valence-electron chi connectivity index (χ4n) is 1.97. The maximum Gasteiger partial charge on any atom is 0.326 e. The van der Waals surface area contributed by atoms with E-state index in [-0.39, 0.29) is 6.03 Å². The van der Waals surface area contributed by atoms with Gasteiger partial charge in [0.1, 0.15) is 6.04 Å². The van der Waals surface area contributed by atoms with Crippen LogP contribution in [-0.2, 0) is 11.2 Å². The number of hydrogen-bond donors (Lipinski definition) is 2. The standard InChI is InChI=1S/C16H24N2O3/c1-3-4-12-18(2)16(21)17-14(15(19)20)11-10-13-8-6-5-7-9-13/h5-9,14H,3-4,10-12H2,1-2H3,(H,17,21)(H,19,20). The molecule has 0 spiro atoms. The topological polar surface area (TPSA) is 69.6 Å². The van der Waals surface area contributed by atoms with Gasteiger partial charge < -0.3 is 15.3 Å². The van der Waals surface area contributed by atoms with E-state index in [2.05, 4.69) is 5.32 Å². The van der Waals surface area contributed by atoms with Gasteiger partial charge in [-0.25, -0.2) is 9.59 Å². The molecule has 0 radical (unpaired) electrons. The Labute approximate surface area is 126 Å². The molecule has 5 nitrogen and oxygen atoms in total. The first-order valence-corrected chi connectivity index (χ1v) is 7.33. The minimum atomic E-state index is -0.997. The summed E-state index contributed by atoms with van der Waals surface area (Å²) in [6, 6.07) is 8.47. The summed E-state index contributed by atoms with van der Waals surface area (Å²) < 4.78 is 0. The van der Waals surface area contributed by atoms with Crippen LogP contribution in [0.5, 0.6) is 0 Å². The molecule has 1 rings (SSSR count). The lowest BCUT2D eigenvalue weighted by molar-refractivity contribution is -0.139. The van der Waals surface area contributed by atoms with E-state index in [0.717, 1.165) is 18.4 Å². The molecule has 0 aliphatic rings. The van der Waals surface area contributed by atoms with Crippen molar-refractivity contribution in [2.24, 2.45) is 0 Å². The Bertz CT molecular complexity index is 448. The number of unbranched alkanes of at least 4 members (excludes halogenated alkanes) is 1. The largest absolute Gasteiger partial charge is 0.480 e. The highest BCUT2D eigenvalue weighted by atomic mass is 16.4. The molecule has 0 heterocycles. The molecule has 0 aromatic heterocycles. The average molecular weight is 292 g/mol. The Hall–Kier alpha value is -2.04. The summed E-state index contributed by atoms with van der Waals surface area (Å²) in [5, 5.41) is 11.8. The van der Waals surface area contributed by atoms with E-state index >= 15 is 0 Å². The van der Waals surface area contributed by atoms with Crippen LogP contribution in [0, 0.1) is 0 Å². The van der Waals surface area contributed by atoms with Gasteiger partial charge in [0.25, 0.3) is 0 Å². The predicted octanol–water partition coefficient (Wildman–Crippen LogP) is 2.51. The molecule has 1 unspecified atom stereocenters. The monoisotopic (exact) mass is 292 g/mol. The van der Waals surface area contributed by atoms with Crippen molar-refractivity contribution in [3.63, 3.8) is 0 Å². The first-order valence-electron chi connectivity index (χ1n) is 7.33. The molecule has 0 aliphatic carbocycles. The Morgan fingerprint density at radius 1 is 1.29 bits per heavy atom. The zero-order valence-electron chi connectivity index (χ0n) is 12.7. The molecule has 21 heavy (non-hydrogen) atoms. The third kappa shape index (κ3) is 6.29. The number of carbonyl (C=O) groups excluding carboxylic acids is 1. The Morgan fingerprint density at radius 3 is 2.52 bits per heavy atom. The van der Waals surface area contributed by atoms with Crippen molar-refractivity contribution in [3.05, 3.63) is 35.9 Å². The highest BCUT2D eigenvalue weighted by Crippen LogP contribution is 2.06. The molecule has 5 heteroatoms. The number of hydrogen-bond acceptors (Lipinski definition) is 2. The number of urea groups is 1. The minimum absolute atomic E-state index is 0.330. The number of carboxylic acids is 1. The zero-order valence-corrected chi connectivity index (χ0v) is 12.7. The molecule has 0 aliphatic heterocycles. The van der Waals surface area contributed by atoms with Crippen LogP contribution in [0.2, 0.25) is 0 Å². The number of nitrogens with zero attached hydrogens (tertiary/aromatic N) is 1. The van der Waals surface area contributed by atoms with Crippen molar-refractivity contribution < 1.29 is 14.7 Å². The van der Waals surface area contributed by atoms with Crippen molar-refractivity contribution in [1.29, 1.82) is 0 Å². The van der Waals surface area contributed by atoms with Crippen LogP contribution >= 0.6 is 0 Å². The predicted molar refractivity (Wildman–Crippen MR) is 82.3 cm³/mol. The molecule has 1 atom stereocenters. The van der Waals surface area contributed by atoms with E-state index in [1.807, 2.05) is 37.3 Å². The molecule has 0 bridgehead atoms. The Balaban J connectivity index is 2.50. The quantitative estimate of drug-likeness (QED) is 0.773. The summed E-state index contributed by atoms with van der Waals surface area (Å²) in [7, 11) is 1.68. The Morgan fingerprint density at radius 2 is 1.95 bits per heavy atom. The van der Waals surface area contributed by atoms with Gasteiger partial charge >= 0.3 is 12.0 Å². The summed E-state index contributed by atoms with van der Waals surface area (Å²) in [6.45, 7) is 2.68. The number of carboxylic acid groups (broad SMARTS) is 1. The van der Waals surface area contributed by atoms with Gasteiger partial charge in [-0.2, -0.15) is 0 Å². The number of rotatable bonds is 8. The third-order valence-corrected chi connectivity index (χ3v) is 3.35. The molecule has 116 valence electrons. The SMILES string of the molecule is CCCCN(C)C(=O)NC(CCc1ccccc1)C(=O)O. The van der Waals surface area contributed by atoms with E-state index in [1.165, 1.54) is 4.90 Å². The molecule has 0 fully saturated rings. The molecule has 0 saturated heterocycles. The van der Waals surface area contributed by atoms with E-state index in [1.54, 1.807) is 7.05 Å². The summed E-state index contributed by atoms with van der Waals surface area (Å²) >= 11 is 0. The maximum atomic E-state index is 11.9. The third-order valence-electron chi connectivity index (χ3n) is 3.35. The molecule has 2 amide bonds. The molecular formula is C16H24N2O3. The first-order chi connectivity index (χ1) is 10.0. The molecule has 1 aromatic rings. The lowest BCUT2D eigenvalue weighted by Gasteiger charge is -2.21. The van der Waals surface area contributed by atoms with Crippen LogP contribution in [0.15, 0.2) is 30.3 Å². The van der Waals surface area contributed by atoms with E-state index in [9.17, 15) is 14.7 Å². The van der Waals surface area contributed by atoms with Gasteiger partial charge in [0, 0.05) is 13.6 Å². The lowest BCUT2D eigenvalue weighted by Crippen LogP contribution is -2.47. The van der Waals surface area contributed by atoms with Crippen molar-refractivity contribution >= 4 is 12.0 Å². The summed E-state index contributed by atoms with van der Waals surface area (Å²) in [4.78, 5) is 24.7. The summed E-state index contributed by atoms with van der Waals surface area (Å²) in [6.07, 6.45) is 2.91. The van der Waals surface area contributed by atoms with Crippen LogP contribution in [0.1, 0.15) is 31.7 Å². The zero-order chi connectivity index (χ0) is 15.7. The number of aryl methyl sites for hydroxylation is 1. The normalized spacial score (nSPS) is 11.7. The second-order valence-corrected chi connectivity index (χ2v) is 5.14. The molecular weight excluding hydrogens is 268 g/mol. The van der Waals surface area contributed by atoms with Crippen molar-refractivity contribution in [1.82, 2.24) is 10.2 Å². The van der Waals surface area contributed by atoms with E-state index in [0.29, 0.717) is 19.4 Å². The second kappa shape index (κ2) is 9.00. The van der Waals surface area contributed by atoms with Crippen molar-refractivity contribution in [2.75, 3.05) is 13.6 Å². The first kappa shape index (κ1) is 17.0. The highest BCUT2D eigenvalue weighted by Gasteiger charge is 2.21. The van der Waals surface area contributed by atoms with Crippen molar-refractivity contribution in [3.8, 4) is 0 Å². The summed E-state index contributed by atoms with van der Waals surface area (Å²) in [5.41, 5.74) is 1.07. The maximum absolute atomic E-state index is 11.9. The smallest absolute Gasteiger partial charge is 0.326 e. The summed E-state index contributed by atoms with van der Waals surface area (Å²) in [5.74, 6) is -0.997. The second-order valence-electron chi connectivity index (χ2n) is 5.14. The average Bonchev–Trinajstić information content (AvgIpc) is 2.49. The van der Waals surface area contributed by atoms with Gasteiger partial charge in [-0.1, -0.05) is 43.7 Å². The number of aliphatic carboxylic acids is 1. The van der Waals surface area contributed by atoms with E-state index in [4.69, 9.17) is 0 Å². The van der Waals surface area contributed by atoms with Gasteiger partial charge in [0.2, 0.25) is 0 Å².